The number of nitrogens with one attached hydrogen (secondary N) is 1. The summed E-state index contributed by atoms with van der Waals surface area (Å²) in [7, 11) is 0. The van der Waals surface area contributed by atoms with E-state index in [0.717, 1.165) is 43.9 Å². The lowest BCUT2D eigenvalue weighted by Gasteiger charge is -2.20. The number of hydrogen-bond donors (Lipinski definition) is 1. The van der Waals surface area contributed by atoms with E-state index in [2.05, 4.69) is 47.5 Å². The maximum Gasteiger partial charge on any atom is 0.244 e. The van der Waals surface area contributed by atoms with Gasteiger partial charge in [-0.3, -0.25) is 9.69 Å². The molecule has 134 valence electrons. The van der Waals surface area contributed by atoms with E-state index < -0.39 is 0 Å². The Morgan fingerprint density at radius 2 is 1.96 bits per heavy atom. The predicted molar refractivity (Wildman–Crippen MR) is 108 cm³/mol. The van der Waals surface area contributed by atoms with E-state index in [9.17, 15) is 4.79 Å². The Bertz CT molecular complexity index is 623. The highest BCUT2D eigenvalue weighted by Crippen LogP contribution is 2.10. The smallest absolute Gasteiger partial charge is 0.244 e. The fourth-order valence-corrected chi connectivity index (χ4v) is 3.26. The van der Waals surface area contributed by atoms with Crippen molar-refractivity contribution in [1.82, 2.24) is 10.2 Å². The van der Waals surface area contributed by atoms with Gasteiger partial charge in [0.25, 0.3) is 0 Å². The van der Waals surface area contributed by atoms with Crippen LogP contribution in [0.5, 0.6) is 0 Å². The first-order chi connectivity index (χ1) is 12.3. The third kappa shape index (κ3) is 8.14. The number of nitrogens with zero attached hydrogens (tertiary/aromatic N) is 1. The third-order valence-electron chi connectivity index (χ3n) is 4.09. The van der Waals surface area contributed by atoms with Gasteiger partial charge in [0.2, 0.25) is 5.91 Å². The minimum Gasteiger partial charge on any atom is -0.353 e. The Hall–Kier alpha value is -1.91. The molecule has 3 nitrogen and oxygen atoms in total. The van der Waals surface area contributed by atoms with Crippen LogP contribution >= 0.6 is 11.3 Å². The molecule has 0 aliphatic carbocycles. The fraction of sp³-hybridized carbons (Fsp3) is 0.381. The van der Waals surface area contributed by atoms with E-state index >= 15 is 0 Å². The Balaban J connectivity index is 1.54. The lowest BCUT2D eigenvalue weighted by molar-refractivity contribution is -0.116. The summed E-state index contributed by atoms with van der Waals surface area (Å²) in [4.78, 5) is 15.3. The molecule has 2 aromatic rings. The molecule has 0 unspecified atom stereocenters. The average Bonchev–Trinajstić information content (AvgIpc) is 3.16. The van der Waals surface area contributed by atoms with Crippen LogP contribution in [0, 0.1) is 0 Å². The van der Waals surface area contributed by atoms with Gasteiger partial charge in [0, 0.05) is 24.0 Å². The normalized spacial score (nSPS) is 11.3. The first kappa shape index (κ1) is 19.4. The van der Waals surface area contributed by atoms with E-state index in [-0.39, 0.29) is 5.91 Å². The Kier molecular flexibility index (Phi) is 9.02. The van der Waals surface area contributed by atoms with Gasteiger partial charge in [-0.1, -0.05) is 49.7 Å². The van der Waals surface area contributed by atoms with Crippen LogP contribution in [-0.2, 0) is 11.3 Å². The van der Waals surface area contributed by atoms with Crippen LogP contribution in [0.4, 0.5) is 0 Å². The Labute approximate surface area is 155 Å². The summed E-state index contributed by atoms with van der Waals surface area (Å²) in [6, 6.07) is 14.6. The molecule has 0 saturated carbocycles. The van der Waals surface area contributed by atoms with Crippen LogP contribution in [-0.4, -0.2) is 30.4 Å². The van der Waals surface area contributed by atoms with Crippen molar-refractivity contribution in [3.63, 3.8) is 0 Å². The van der Waals surface area contributed by atoms with Crippen molar-refractivity contribution in [3.05, 3.63) is 64.4 Å². The molecule has 1 aromatic carbocycles. The monoisotopic (exact) mass is 356 g/mol. The Morgan fingerprint density at radius 1 is 1.12 bits per heavy atom. The van der Waals surface area contributed by atoms with Crippen molar-refractivity contribution in [2.45, 2.75) is 32.7 Å². The number of hydrogen-bond acceptors (Lipinski definition) is 3. The third-order valence-corrected chi connectivity index (χ3v) is 4.93. The van der Waals surface area contributed by atoms with Crippen molar-refractivity contribution >= 4 is 23.3 Å². The van der Waals surface area contributed by atoms with Gasteiger partial charge in [0.05, 0.1) is 0 Å². The molecular formula is C21H28N2OS. The molecule has 0 fully saturated rings. The second-order valence-electron chi connectivity index (χ2n) is 6.05. The number of unbranched alkanes of at least 4 members (excludes halogenated alkanes) is 2. The van der Waals surface area contributed by atoms with Crippen LogP contribution in [0.1, 0.15) is 36.6 Å². The van der Waals surface area contributed by atoms with E-state index in [1.165, 1.54) is 12.0 Å². The van der Waals surface area contributed by atoms with Crippen molar-refractivity contribution in [2.75, 3.05) is 19.6 Å². The van der Waals surface area contributed by atoms with Crippen molar-refractivity contribution in [2.24, 2.45) is 0 Å². The molecule has 4 heteroatoms. The van der Waals surface area contributed by atoms with Crippen LogP contribution in [0.2, 0.25) is 0 Å². The minimum atomic E-state index is -0.00679. The molecule has 1 aromatic heterocycles. The van der Waals surface area contributed by atoms with Gasteiger partial charge in [-0.15, -0.1) is 11.3 Å². The highest BCUT2D eigenvalue weighted by Gasteiger charge is 2.03. The second kappa shape index (κ2) is 11.6. The number of carbonyl (C=O) groups is 1. The maximum atomic E-state index is 11.7. The van der Waals surface area contributed by atoms with Gasteiger partial charge in [-0.2, -0.15) is 0 Å². The van der Waals surface area contributed by atoms with E-state index in [0.29, 0.717) is 0 Å². The molecule has 0 aliphatic rings. The van der Waals surface area contributed by atoms with E-state index in [1.807, 2.05) is 23.6 Å². The van der Waals surface area contributed by atoms with Crippen LogP contribution in [0.25, 0.3) is 6.08 Å². The minimum absolute atomic E-state index is 0.00679. The highest BCUT2D eigenvalue weighted by molar-refractivity contribution is 7.10. The number of thiophene rings is 1. The van der Waals surface area contributed by atoms with Gasteiger partial charge in [-0.25, -0.2) is 0 Å². The standard InChI is InChI=1S/C21H28N2OS/c1-2-23(18-19-10-5-3-6-11-19)16-8-4-7-15-22-21(24)14-13-20-12-9-17-25-20/h3,5-6,9-14,17H,2,4,7-8,15-16,18H2,1H3,(H,22,24)/b14-13+. The van der Waals surface area contributed by atoms with E-state index in [1.54, 1.807) is 17.4 Å². The van der Waals surface area contributed by atoms with Crippen LogP contribution in [0.15, 0.2) is 53.9 Å². The predicted octanol–water partition coefficient (Wildman–Crippen LogP) is 4.57. The summed E-state index contributed by atoms with van der Waals surface area (Å²) >= 11 is 1.63. The molecule has 1 heterocycles. The maximum absolute atomic E-state index is 11.7. The topological polar surface area (TPSA) is 32.3 Å². The van der Waals surface area contributed by atoms with Gasteiger partial charge < -0.3 is 5.32 Å². The van der Waals surface area contributed by atoms with Crippen LogP contribution in [0.3, 0.4) is 0 Å². The zero-order chi connectivity index (χ0) is 17.7. The zero-order valence-electron chi connectivity index (χ0n) is 15.0. The van der Waals surface area contributed by atoms with Crippen molar-refractivity contribution in [3.8, 4) is 0 Å². The summed E-state index contributed by atoms with van der Waals surface area (Å²) < 4.78 is 0. The first-order valence-electron chi connectivity index (χ1n) is 9.03. The molecule has 1 N–H and O–H groups in total. The number of rotatable bonds is 11. The van der Waals surface area contributed by atoms with Crippen molar-refractivity contribution < 1.29 is 4.79 Å². The molecule has 2 rings (SSSR count). The van der Waals surface area contributed by atoms with Gasteiger partial charge >= 0.3 is 0 Å². The van der Waals surface area contributed by atoms with Crippen molar-refractivity contribution in [1.29, 1.82) is 0 Å². The molecule has 25 heavy (non-hydrogen) atoms. The summed E-state index contributed by atoms with van der Waals surface area (Å²) in [5, 5.41) is 4.96. The molecular weight excluding hydrogens is 328 g/mol. The molecule has 0 atom stereocenters. The molecule has 0 saturated heterocycles. The number of benzene rings is 1. The fourth-order valence-electron chi connectivity index (χ4n) is 2.64. The largest absolute Gasteiger partial charge is 0.353 e. The Morgan fingerprint density at radius 3 is 2.68 bits per heavy atom. The summed E-state index contributed by atoms with van der Waals surface area (Å²) in [6.07, 6.45) is 6.82. The molecule has 0 spiro atoms. The second-order valence-corrected chi connectivity index (χ2v) is 7.03. The quantitative estimate of drug-likeness (QED) is 0.472. The lowest BCUT2D eigenvalue weighted by atomic mass is 10.2. The lowest BCUT2D eigenvalue weighted by Crippen LogP contribution is -2.25. The van der Waals surface area contributed by atoms with E-state index in [4.69, 9.17) is 0 Å². The molecule has 0 radical (unpaired) electrons. The first-order valence-corrected chi connectivity index (χ1v) is 9.91. The number of carbonyl (C=O) groups excluding carboxylic acids is 1. The zero-order valence-corrected chi connectivity index (χ0v) is 15.8. The van der Waals surface area contributed by atoms with Crippen LogP contribution < -0.4 is 5.32 Å². The highest BCUT2D eigenvalue weighted by atomic mass is 32.1. The summed E-state index contributed by atoms with van der Waals surface area (Å²) in [5.74, 6) is -0.00679. The molecule has 0 bridgehead atoms. The molecule has 1 amide bonds. The SMILES string of the molecule is CCN(CCCCCNC(=O)/C=C/c1cccs1)Cc1ccccc1. The average molecular weight is 357 g/mol. The number of amides is 1. The summed E-state index contributed by atoms with van der Waals surface area (Å²) in [6.45, 7) is 6.15. The molecule has 0 aliphatic heterocycles. The van der Waals surface area contributed by atoms with Gasteiger partial charge in [0.15, 0.2) is 0 Å². The summed E-state index contributed by atoms with van der Waals surface area (Å²) in [5.41, 5.74) is 1.37. The van der Waals surface area contributed by atoms with Gasteiger partial charge in [-0.05, 0) is 49.0 Å². The van der Waals surface area contributed by atoms with Gasteiger partial charge in [0.1, 0.15) is 0 Å².